The predicted octanol–water partition coefficient (Wildman–Crippen LogP) is 0.511. The number of hydrogen-bond donors (Lipinski definition) is 2. The first-order valence-electron chi connectivity index (χ1n) is 4.74. The molecule has 12 heavy (non-hydrogen) atoms. The fraction of sp³-hybridized carbons (Fsp3) is 1.00. The molecule has 1 aliphatic rings. The molecule has 3 N–H and O–H groups in total. The van der Waals surface area contributed by atoms with Crippen molar-refractivity contribution >= 4 is 0 Å². The van der Waals surface area contributed by atoms with Crippen LogP contribution < -0.4 is 5.73 Å². The first kappa shape index (κ1) is 9.96. The van der Waals surface area contributed by atoms with E-state index < -0.39 is 0 Å². The van der Waals surface area contributed by atoms with Crippen LogP contribution in [0.1, 0.15) is 26.2 Å². The molecule has 1 fully saturated rings. The average molecular weight is 173 g/mol. The van der Waals surface area contributed by atoms with Crippen molar-refractivity contribution in [3.05, 3.63) is 0 Å². The minimum Gasteiger partial charge on any atom is -0.396 e. The van der Waals surface area contributed by atoms with Gasteiger partial charge in [-0.3, -0.25) is 0 Å². The maximum Gasteiger partial charge on any atom is 0.0620 e. The van der Waals surface area contributed by atoms with Crippen LogP contribution in [-0.2, 0) is 4.74 Å². The minimum atomic E-state index is 0.218. The maximum absolute atomic E-state index is 8.78. The van der Waals surface area contributed by atoms with E-state index in [2.05, 4.69) is 6.92 Å². The van der Waals surface area contributed by atoms with Crippen molar-refractivity contribution < 1.29 is 9.84 Å². The monoisotopic (exact) mass is 173 g/mol. The summed E-state index contributed by atoms with van der Waals surface area (Å²) in [6.45, 7) is 2.93. The zero-order chi connectivity index (χ0) is 8.97. The first-order valence-corrected chi connectivity index (χ1v) is 4.74. The van der Waals surface area contributed by atoms with Crippen LogP contribution in [0.4, 0.5) is 0 Å². The van der Waals surface area contributed by atoms with Gasteiger partial charge in [-0.05, 0) is 38.6 Å². The number of nitrogens with two attached hydrogens (primary N) is 1. The highest BCUT2D eigenvalue weighted by molar-refractivity contribution is 4.78. The lowest BCUT2D eigenvalue weighted by atomic mass is 9.97. The molecule has 0 amide bonds. The largest absolute Gasteiger partial charge is 0.396 e. The molecular formula is C9H19NO2. The Labute approximate surface area is 73.9 Å². The second-order valence-electron chi connectivity index (χ2n) is 3.57. The normalized spacial score (nSPS) is 32.2. The number of ether oxygens (including phenoxy) is 1. The van der Waals surface area contributed by atoms with Crippen molar-refractivity contribution in [2.24, 2.45) is 11.7 Å². The summed E-state index contributed by atoms with van der Waals surface area (Å²) in [5.74, 6) is 0.347. The zero-order valence-electron chi connectivity index (χ0n) is 7.70. The van der Waals surface area contributed by atoms with E-state index in [4.69, 9.17) is 15.6 Å². The van der Waals surface area contributed by atoms with Gasteiger partial charge in [0, 0.05) is 6.61 Å². The Bertz CT molecular complexity index is 128. The van der Waals surface area contributed by atoms with Gasteiger partial charge < -0.3 is 15.6 Å². The molecule has 0 saturated carbocycles. The van der Waals surface area contributed by atoms with Gasteiger partial charge in [0.2, 0.25) is 0 Å². The summed E-state index contributed by atoms with van der Waals surface area (Å²) in [6.07, 6.45) is 3.67. The third-order valence-corrected chi connectivity index (χ3v) is 2.59. The molecule has 3 nitrogen and oxygen atoms in total. The summed E-state index contributed by atoms with van der Waals surface area (Å²) < 4.78 is 5.68. The van der Waals surface area contributed by atoms with Gasteiger partial charge in [-0.2, -0.15) is 0 Å². The molecule has 1 saturated heterocycles. The average Bonchev–Trinajstić information content (AvgIpc) is 2.47. The van der Waals surface area contributed by atoms with Crippen LogP contribution in [0.25, 0.3) is 0 Å². The Morgan fingerprint density at radius 3 is 2.75 bits per heavy atom. The van der Waals surface area contributed by atoms with E-state index in [0.29, 0.717) is 18.6 Å². The lowest BCUT2D eigenvalue weighted by molar-refractivity contribution is 0.0147. The summed E-state index contributed by atoms with van der Waals surface area (Å²) in [5.41, 5.74) is 5.59. The van der Waals surface area contributed by atoms with Gasteiger partial charge in [-0.25, -0.2) is 0 Å². The van der Waals surface area contributed by atoms with E-state index in [1.165, 1.54) is 0 Å². The SMILES string of the molecule is CC1CCC(C(CN)CCO)O1. The molecule has 3 unspecified atom stereocenters. The summed E-state index contributed by atoms with van der Waals surface area (Å²) in [4.78, 5) is 0. The molecule has 0 aromatic heterocycles. The highest BCUT2D eigenvalue weighted by atomic mass is 16.5. The molecule has 1 heterocycles. The molecule has 1 aliphatic heterocycles. The molecule has 0 radical (unpaired) electrons. The Kier molecular flexibility index (Phi) is 3.98. The van der Waals surface area contributed by atoms with Crippen molar-refractivity contribution in [1.29, 1.82) is 0 Å². The van der Waals surface area contributed by atoms with Gasteiger partial charge in [-0.1, -0.05) is 0 Å². The first-order chi connectivity index (χ1) is 5.77. The number of aliphatic hydroxyl groups excluding tert-OH is 1. The fourth-order valence-corrected chi connectivity index (χ4v) is 1.80. The number of rotatable bonds is 4. The lowest BCUT2D eigenvalue weighted by Crippen LogP contribution is -2.28. The quantitative estimate of drug-likeness (QED) is 0.651. The second kappa shape index (κ2) is 4.80. The van der Waals surface area contributed by atoms with Crippen LogP contribution in [0.3, 0.4) is 0 Å². The zero-order valence-corrected chi connectivity index (χ0v) is 7.70. The minimum absolute atomic E-state index is 0.218. The van der Waals surface area contributed by atoms with Gasteiger partial charge in [0.25, 0.3) is 0 Å². The maximum atomic E-state index is 8.78. The molecule has 1 rings (SSSR count). The Hall–Kier alpha value is -0.120. The lowest BCUT2D eigenvalue weighted by Gasteiger charge is -2.20. The van der Waals surface area contributed by atoms with E-state index in [9.17, 15) is 0 Å². The predicted molar refractivity (Wildman–Crippen MR) is 47.8 cm³/mol. The molecule has 0 aromatic carbocycles. The number of hydrogen-bond acceptors (Lipinski definition) is 3. The molecule has 72 valence electrons. The highest BCUT2D eigenvalue weighted by Gasteiger charge is 2.28. The van der Waals surface area contributed by atoms with Gasteiger partial charge in [0.1, 0.15) is 0 Å². The molecule has 0 bridgehead atoms. The highest BCUT2D eigenvalue weighted by Crippen LogP contribution is 2.26. The van der Waals surface area contributed by atoms with Crippen LogP contribution >= 0.6 is 0 Å². The van der Waals surface area contributed by atoms with Gasteiger partial charge >= 0.3 is 0 Å². The molecule has 3 heteroatoms. The standard InChI is InChI=1S/C9H19NO2/c1-7-2-3-9(12-7)8(6-10)4-5-11/h7-9,11H,2-6,10H2,1H3. The second-order valence-corrected chi connectivity index (χ2v) is 3.57. The molecule has 0 aliphatic carbocycles. The third kappa shape index (κ3) is 2.44. The van der Waals surface area contributed by atoms with E-state index >= 15 is 0 Å². The Balaban J connectivity index is 2.33. The van der Waals surface area contributed by atoms with Gasteiger partial charge in [0.05, 0.1) is 12.2 Å². The summed E-state index contributed by atoms with van der Waals surface area (Å²) in [7, 11) is 0. The van der Waals surface area contributed by atoms with Crippen LogP contribution in [-0.4, -0.2) is 30.5 Å². The van der Waals surface area contributed by atoms with Crippen LogP contribution in [0.5, 0.6) is 0 Å². The van der Waals surface area contributed by atoms with Crippen molar-refractivity contribution in [3.8, 4) is 0 Å². The third-order valence-electron chi connectivity index (χ3n) is 2.59. The van der Waals surface area contributed by atoms with E-state index in [-0.39, 0.29) is 12.7 Å². The summed E-state index contributed by atoms with van der Waals surface area (Å²) in [6, 6.07) is 0. The van der Waals surface area contributed by atoms with Crippen LogP contribution in [0.2, 0.25) is 0 Å². The fourth-order valence-electron chi connectivity index (χ4n) is 1.80. The van der Waals surface area contributed by atoms with Crippen molar-refractivity contribution in [2.75, 3.05) is 13.2 Å². The molecule has 3 atom stereocenters. The van der Waals surface area contributed by atoms with Crippen molar-refractivity contribution in [3.63, 3.8) is 0 Å². The van der Waals surface area contributed by atoms with E-state index in [1.54, 1.807) is 0 Å². The summed E-state index contributed by atoms with van der Waals surface area (Å²) >= 11 is 0. The van der Waals surface area contributed by atoms with E-state index in [1.807, 2.05) is 0 Å². The Morgan fingerprint density at radius 2 is 2.33 bits per heavy atom. The van der Waals surface area contributed by atoms with Crippen LogP contribution in [0, 0.1) is 5.92 Å². The summed E-state index contributed by atoms with van der Waals surface area (Å²) in [5, 5.41) is 8.78. The molecule has 0 aromatic rings. The Morgan fingerprint density at radius 1 is 1.58 bits per heavy atom. The smallest absolute Gasteiger partial charge is 0.0620 e. The van der Waals surface area contributed by atoms with Crippen molar-refractivity contribution in [2.45, 2.75) is 38.4 Å². The van der Waals surface area contributed by atoms with E-state index in [0.717, 1.165) is 19.3 Å². The van der Waals surface area contributed by atoms with Crippen LogP contribution in [0.15, 0.2) is 0 Å². The van der Waals surface area contributed by atoms with Crippen molar-refractivity contribution in [1.82, 2.24) is 0 Å². The van der Waals surface area contributed by atoms with Gasteiger partial charge in [-0.15, -0.1) is 0 Å². The number of aliphatic hydroxyl groups is 1. The molecule has 0 spiro atoms. The molecular weight excluding hydrogens is 154 g/mol. The topological polar surface area (TPSA) is 55.5 Å². The van der Waals surface area contributed by atoms with Gasteiger partial charge in [0.15, 0.2) is 0 Å².